The summed E-state index contributed by atoms with van der Waals surface area (Å²) in [5.41, 5.74) is -1.46. The van der Waals surface area contributed by atoms with Crippen LogP contribution in [-0.2, 0) is 38.0 Å². The summed E-state index contributed by atoms with van der Waals surface area (Å²) in [5.74, 6) is -1.87. The predicted molar refractivity (Wildman–Crippen MR) is 395 cm³/mol. The number of aliphatic hydroxyl groups excluding tert-OH is 2. The number of cyclic esters (lactones) is 2. The molecule has 4 aliphatic heterocycles. The third-order valence-electron chi connectivity index (χ3n) is 20.5. The van der Waals surface area contributed by atoms with E-state index in [-0.39, 0.29) is 98.3 Å². The number of hydroxylamine groups is 3. The molecule has 6 rings (SSSR count). The van der Waals surface area contributed by atoms with Gasteiger partial charge in [-0.05, 0) is 115 Å². The zero-order chi connectivity index (χ0) is 76.9. The first-order valence-electron chi connectivity index (χ1n) is 38.4. The van der Waals surface area contributed by atoms with Crippen molar-refractivity contribution in [3.8, 4) is 0 Å². The van der Waals surface area contributed by atoms with Gasteiger partial charge in [-0.2, -0.15) is 4.65 Å². The molecule has 0 radical (unpaired) electrons. The summed E-state index contributed by atoms with van der Waals surface area (Å²) in [7, 11) is 3.42. The maximum Gasteiger partial charge on any atom is 0.410 e. The third-order valence-corrected chi connectivity index (χ3v) is 20.5. The van der Waals surface area contributed by atoms with E-state index in [1.807, 2.05) is 112 Å². The summed E-state index contributed by atoms with van der Waals surface area (Å²) < 4.78 is 34.4. The number of allylic oxidation sites excluding steroid dienone is 4. The van der Waals surface area contributed by atoms with E-state index in [1.54, 1.807) is 65.8 Å². The molecule has 4 fully saturated rings. The Morgan fingerprint density at radius 3 is 1.36 bits per heavy atom. The van der Waals surface area contributed by atoms with E-state index >= 15 is 0 Å². The molecule has 0 aromatic rings. The Bertz CT molecular complexity index is 2740. The lowest BCUT2D eigenvalue weighted by Crippen LogP contribution is -2.63. The maximum absolute atomic E-state index is 13.5. The van der Waals surface area contributed by atoms with E-state index in [0.29, 0.717) is 58.4 Å². The van der Waals surface area contributed by atoms with Crippen molar-refractivity contribution in [2.75, 3.05) is 92.8 Å². The SMILES string of the molecule is CC.CCCN(C)C(=O)OC[C@H](C)/C=C/C=C(\C)[C@H]1OC(=O)C[C@H](O)CC[C@@](C)(O)[C@@H](OC(=O)N2CCN(C3CCCCCC3)CC2)/C=C/[C@@H]1C.CCCN(C)C(=O)OC[C@H](C)/C=C/C=C(\C)[C@H]1OC(=O)C[C@H](O)CC[C@@](C)(O)[C@@H](OC(=O)N2CC[N+](O)(C3CCCCCC3)CC2)/C=C/[C@@H]1C.N#N. The summed E-state index contributed by atoms with van der Waals surface area (Å²) in [6.45, 7) is 28.6. The van der Waals surface area contributed by atoms with Gasteiger partial charge in [-0.3, -0.25) is 19.4 Å². The van der Waals surface area contributed by atoms with Crippen molar-refractivity contribution < 1.29 is 87.5 Å². The molecule has 2 saturated heterocycles. The Hall–Kier alpha value is -6.40. The minimum absolute atomic E-state index is 0.00853. The standard InChI is InChI=1S/C38H64N3O9.C38H63N3O8.C2H6.N2/c1-7-21-39(6)36(44)48-27-28(2)13-12-14-29(3)35-30(4)17-18-33(38(5,46)20-19-32(42)26-34(43)50-35)49-37(45)40-22-24-41(47,25-23-40)31-15-10-8-9-11-16-31;1-7-21-39(6)36(44)47-27-28(2)13-12-14-29(3)35-30(4)17-18-33(38(5,46)20-19-32(42)26-34(43)49-35)48-37(45)41-24-22-40(23-25-41)31-15-10-8-9-11-16-31;2*1-2/h12-14,17-18,28,30-33,35,42,46-47H,7-11,15-16,19-27H2,1-6H3;12-14,17-18,28,30-33,35,42,46H,7-11,15-16,19-27H2,1-6H3;1-2H3;/q+1;;;/b2*13-12+,18-17+,29-14+;;/t2*28-,30+,32-,33+,35-,38-;;/m11../s1. The van der Waals surface area contributed by atoms with Gasteiger partial charge in [0, 0.05) is 107 Å². The van der Waals surface area contributed by atoms with Crippen molar-refractivity contribution in [2.24, 2.45) is 23.7 Å². The van der Waals surface area contributed by atoms with Crippen LogP contribution in [0.4, 0.5) is 19.2 Å². The van der Waals surface area contributed by atoms with Gasteiger partial charge in [0.1, 0.15) is 42.5 Å². The Balaban J connectivity index is 0.000000511. The fourth-order valence-corrected chi connectivity index (χ4v) is 13.8. The Morgan fingerprint density at radius 2 is 0.981 bits per heavy atom. The van der Waals surface area contributed by atoms with Gasteiger partial charge in [-0.15, -0.1) is 0 Å². The van der Waals surface area contributed by atoms with Gasteiger partial charge in [0.05, 0.1) is 51.4 Å². The van der Waals surface area contributed by atoms with Crippen LogP contribution in [0.1, 0.15) is 212 Å². The normalized spacial score (nSPS) is 29.1. The molecule has 4 heterocycles. The molecule has 25 nitrogen and oxygen atoms in total. The van der Waals surface area contributed by atoms with Crippen LogP contribution in [0.25, 0.3) is 0 Å². The highest BCUT2D eigenvalue weighted by molar-refractivity contribution is 5.72. The van der Waals surface area contributed by atoms with Crippen LogP contribution in [0, 0.1) is 34.5 Å². The smallest absolute Gasteiger partial charge is 0.410 e. The highest BCUT2D eigenvalue weighted by Crippen LogP contribution is 2.33. The largest absolute Gasteiger partial charge is 0.457 e. The zero-order valence-electron chi connectivity index (χ0n) is 65.0. The third kappa shape index (κ3) is 32.1. The van der Waals surface area contributed by atoms with E-state index < -0.39 is 72.0 Å². The van der Waals surface area contributed by atoms with Gasteiger partial charge < -0.3 is 63.5 Å². The lowest BCUT2D eigenvalue weighted by molar-refractivity contribution is -1.12. The number of nitrogens with zero attached hydrogens (tertiary/aromatic N) is 8. The van der Waals surface area contributed by atoms with Gasteiger partial charge in [-0.1, -0.05) is 143 Å². The average molecular weight is 1450 g/mol. The monoisotopic (exact) mass is 1450 g/mol. The second-order valence-corrected chi connectivity index (χ2v) is 29.7. The van der Waals surface area contributed by atoms with Crippen molar-refractivity contribution in [3.63, 3.8) is 0 Å². The highest BCUT2D eigenvalue weighted by atomic mass is 16.6. The van der Waals surface area contributed by atoms with Crippen molar-refractivity contribution in [1.82, 2.24) is 24.5 Å². The summed E-state index contributed by atoms with van der Waals surface area (Å²) in [4.78, 5) is 85.7. The van der Waals surface area contributed by atoms with Gasteiger partial charge in [-0.25, -0.2) is 24.4 Å². The van der Waals surface area contributed by atoms with Gasteiger partial charge in [0.2, 0.25) is 0 Å². The van der Waals surface area contributed by atoms with Crippen LogP contribution in [0.5, 0.6) is 0 Å². The number of hydrogen-bond acceptors (Lipinski definition) is 20. The molecular formula is C78H133N8O17+. The molecule has 103 heavy (non-hydrogen) atoms. The molecule has 25 heteroatoms. The first kappa shape index (κ1) is 90.8. The molecule has 2 aliphatic carbocycles. The highest BCUT2D eigenvalue weighted by Gasteiger charge is 2.44. The molecule has 586 valence electrons. The second-order valence-electron chi connectivity index (χ2n) is 29.7. The molecule has 0 aromatic heterocycles. The number of rotatable bonds is 18. The van der Waals surface area contributed by atoms with E-state index in [0.717, 1.165) is 62.8 Å². The molecular weight excluding hydrogens is 1320 g/mol. The van der Waals surface area contributed by atoms with Crippen LogP contribution in [0.15, 0.2) is 71.9 Å². The Kier molecular flexibility index (Phi) is 41.6. The number of quaternary nitrogens is 1. The molecule has 4 amide bonds. The van der Waals surface area contributed by atoms with Gasteiger partial charge in [0.15, 0.2) is 12.2 Å². The zero-order valence-corrected chi connectivity index (χ0v) is 65.0. The van der Waals surface area contributed by atoms with Crippen molar-refractivity contribution in [1.29, 1.82) is 10.8 Å². The van der Waals surface area contributed by atoms with Crippen LogP contribution in [0.3, 0.4) is 0 Å². The van der Waals surface area contributed by atoms with Crippen LogP contribution < -0.4 is 0 Å². The number of carbonyl (C=O) groups is 6. The van der Waals surface area contributed by atoms with E-state index in [1.165, 1.54) is 51.4 Å². The lowest BCUT2D eigenvalue weighted by atomic mass is 9.88. The number of piperazine rings is 2. The van der Waals surface area contributed by atoms with Crippen LogP contribution in [-0.4, -0.2) is 244 Å². The molecule has 0 bridgehead atoms. The molecule has 12 atom stereocenters. The number of amides is 4. The number of carbonyl (C=O) groups excluding carboxylic acids is 6. The second kappa shape index (κ2) is 47.2. The first-order chi connectivity index (χ1) is 48.9. The first-order valence-corrected chi connectivity index (χ1v) is 38.4. The molecule has 0 aromatic carbocycles. The van der Waals surface area contributed by atoms with E-state index in [9.17, 15) is 54.4 Å². The molecule has 2 saturated carbocycles. The van der Waals surface area contributed by atoms with Gasteiger partial charge >= 0.3 is 36.3 Å². The molecule has 0 unspecified atom stereocenters. The van der Waals surface area contributed by atoms with E-state index in [4.69, 9.17) is 39.2 Å². The van der Waals surface area contributed by atoms with E-state index in [2.05, 4.69) is 4.90 Å². The summed E-state index contributed by atoms with van der Waals surface area (Å²) in [6.07, 6.45) is 26.9. The van der Waals surface area contributed by atoms with Crippen molar-refractivity contribution in [3.05, 3.63) is 71.9 Å². The summed E-state index contributed by atoms with van der Waals surface area (Å²) >= 11 is 0. The van der Waals surface area contributed by atoms with Crippen LogP contribution in [0.2, 0.25) is 0 Å². The quantitative estimate of drug-likeness (QED) is 0.0162. The molecule has 6 aliphatic rings. The van der Waals surface area contributed by atoms with Gasteiger partial charge in [0.25, 0.3) is 0 Å². The molecule has 5 N–H and O–H groups in total. The summed E-state index contributed by atoms with van der Waals surface area (Å²) in [6, 6.07) is 0.781. The maximum atomic E-state index is 13.5. The minimum Gasteiger partial charge on any atom is -0.457 e. The van der Waals surface area contributed by atoms with Crippen LogP contribution >= 0.6 is 0 Å². The number of ether oxygens (including phenoxy) is 6. The Morgan fingerprint density at radius 1 is 0.612 bits per heavy atom. The van der Waals surface area contributed by atoms with Crippen molar-refractivity contribution in [2.45, 2.75) is 271 Å². The minimum atomic E-state index is -1.52. The topological polar surface area (TPSA) is 323 Å². The lowest BCUT2D eigenvalue weighted by Gasteiger charge is -2.43. The fraction of sp³-hybridized carbons (Fsp3) is 0.769. The predicted octanol–water partition coefficient (Wildman–Crippen LogP) is 12.7. The average Bonchev–Trinajstić information content (AvgIpc) is 1.55. The number of aliphatic hydroxyl groups is 4. The fourth-order valence-electron chi connectivity index (χ4n) is 13.8. The summed E-state index contributed by atoms with van der Waals surface area (Å²) in [5, 5.41) is 67.8. The number of hydrogen-bond donors (Lipinski definition) is 5. The molecule has 0 spiro atoms. The van der Waals surface area contributed by atoms with Crippen molar-refractivity contribution >= 4 is 36.3 Å². The number of esters is 2. The Labute approximate surface area is 616 Å².